The van der Waals surface area contributed by atoms with E-state index < -0.39 is 33.6 Å². The van der Waals surface area contributed by atoms with E-state index in [0.717, 1.165) is 12.5 Å². The highest BCUT2D eigenvalue weighted by Crippen LogP contribution is 2.31. The second-order valence-corrected chi connectivity index (χ2v) is 4.90. The first-order chi connectivity index (χ1) is 9.32. The topological polar surface area (TPSA) is 118 Å². The molecule has 1 amide bonds. The molecule has 0 aromatic heterocycles. The van der Waals surface area contributed by atoms with Gasteiger partial charge in [0.15, 0.2) is 0 Å². The van der Waals surface area contributed by atoms with Gasteiger partial charge >= 0.3 is 0 Å². The quantitative estimate of drug-likeness (QED) is 0.432. The van der Waals surface area contributed by atoms with Crippen LogP contribution >= 0.6 is 0 Å². The van der Waals surface area contributed by atoms with Gasteiger partial charge in [0.2, 0.25) is 0 Å². The Kier molecular flexibility index (Phi) is 3.58. The first-order valence-electron chi connectivity index (χ1n) is 6.06. The molecule has 8 heteroatoms. The van der Waals surface area contributed by atoms with Crippen molar-refractivity contribution in [2.75, 3.05) is 12.3 Å². The van der Waals surface area contributed by atoms with Crippen molar-refractivity contribution in [2.24, 2.45) is 0 Å². The number of amides is 1. The van der Waals surface area contributed by atoms with E-state index in [4.69, 9.17) is 5.73 Å². The highest BCUT2D eigenvalue weighted by atomic mass is 19.1. The number of halogens is 1. The average molecular weight is 283 g/mol. The summed E-state index contributed by atoms with van der Waals surface area (Å²) in [6.45, 7) is 0.00951. The van der Waals surface area contributed by atoms with Crippen molar-refractivity contribution in [1.29, 1.82) is 0 Å². The second kappa shape index (κ2) is 5.04. The van der Waals surface area contributed by atoms with Gasteiger partial charge in [0.25, 0.3) is 11.6 Å². The zero-order valence-electron chi connectivity index (χ0n) is 10.6. The zero-order chi connectivity index (χ0) is 14.9. The number of nitro benzene ring substituents is 1. The summed E-state index contributed by atoms with van der Waals surface area (Å²) in [5, 5.41) is 23.0. The molecule has 2 rings (SSSR count). The maximum Gasteiger partial charge on any atom is 0.295 e. The van der Waals surface area contributed by atoms with Gasteiger partial charge in [0.05, 0.1) is 22.2 Å². The lowest BCUT2D eigenvalue weighted by atomic mass is 9.80. The van der Waals surface area contributed by atoms with Gasteiger partial charge < -0.3 is 16.2 Å². The minimum atomic E-state index is -0.941. The van der Waals surface area contributed by atoms with Crippen molar-refractivity contribution in [3.8, 4) is 0 Å². The van der Waals surface area contributed by atoms with Crippen LogP contribution in [0.3, 0.4) is 0 Å². The summed E-state index contributed by atoms with van der Waals surface area (Å²) >= 11 is 0. The van der Waals surface area contributed by atoms with Gasteiger partial charge in [-0.25, -0.2) is 4.39 Å². The van der Waals surface area contributed by atoms with E-state index in [2.05, 4.69) is 5.32 Å². The molecule has 0 saturated heterocycles. The van der Waals surface area contributed by atoms with Gasteiger partial charge in [-0.15, -0.1) is 0 Å². The van der Waals surface area contributed by atoms with Crippen molar-refractivity contribution in [2.45, 2.75) is 24.9 Å². The van der Waals surface area contributed by atoms with Gasteiger partial charge in [-0.1, -0.05) is 0 Å². The maximum absolute atomic E-state index is 13.3. The fourth-order valence-electron chi connectivity index (χ4n) is 2.04. The highest BCUT2D eigenvalue weighted by Gasteiger charge is 2.35. The minimum absolute atomic E-state index is 0.00951. The largest absolute Gasteiger partial charge is 0.393 e. The normalized spacial score (nSPS) is 16.3. The summed E-state index contributed by atoms with van der Waals surface area (Å²) in [5.74, 6) is -1.66. The molecule has 0 radical (unpaired) electrons. The Morgan fingerprint density at radius 2 is 2.20 bits per heavy atom. The fraction of sp³-hybridized carbons (Fsp3) is 0.417. The molecule has 0 aliphatic heterocycles. The Balaban J connectivity index is 2.19. The van der Waals surface area contributed by atoms with E-state index in [1.54, 1.807) is 0 Å². The number of anilines is 1. The predicted molar refractivity (Wildman–Crippen MR) is 68.6 cm³/mol. The molecule has 20 heavy (non-hydrogen) atoms. The number of carbonyl (C=O) groups excluding carboxylic acids is 1. The molecule has 0 heterocycles. The molecule has 0 atom stereocenters. The number of aliphatic hydroxyl groups is 1. The summed E-state index contributed by atoms with van der Waals surface area (Å²) in [6, 6.07) is 1.49. The summed E-state index contributed by atoms with van der Waals surface area (Å²) in [5.41, 5.74) is 3.21. The third-order valence-electron chi connectivity index (χ3n) is 3.43. The van der Waals surface area contributed by atoms with E-state index in [0.29, 0.717) is 18.9 Å². The van der Waals surface area contributed by atoms with Crippen LogP contribution in [0.2, 0.25) is 0 Å². The van der Waals surface area contributed by atoms with Crippen LogP contribution in [0, 0.1) is 15.9 Å². The predicted octanol–water partition coefficient (Wildman–Crippen LogP) is 0.961. The first kappa shape index (κ1) is 14.2. The number of rotatable bonds is 4. The number of nitrogens with zero attached hydrogens (tertiary/aromatic N) is 1. The van der Waals surface area contributed by atoms with Crippen molar-refractivity contribution in [1.82, 2.24) is 5.32 Å². The molecule has 1 aromatic rings. The number of nitrogens with one attached hydrogen (secondary N) is 1. The Bertz CT molecular complexity index is 572. The number of nitrogen functional groups attached to an aromatic ring is 1. The first-order valence-corrected chi connectivity index (χ1v) is 6.06. The van der Waals surface area contributed by atoms with Crippen LogP contribution in [0.4, 0.5) is 15.8 Å². The number of nitro groups is 1. The van der Waals surface area contributed by atoms with Crippen LogP contribution in [-0.4, -0.2) is 28.1 Å². The number of carbonyl (C=O) groups is 1. The number of hydrogen-bond acceptors (Lipinski definition) is 5. The summed E-state index contributed by atoms with van der Waals surface area (Å²) in [4.78, 5) is 21.7. The maximum atomic E-state index is 13.3. The summed E-state index contributed by atoms with van der Waals surface area (Å²) < 4.78 is 13.3. The number of hydrogen-bond donors (Lipinski definition) is 3. The van der Waals surface area contributed by atoms with Crippen LogP contribution < -0.4 is 11.1 Å². The van der Waals surface area contributed by atoms with Crippen LogP contribution in [-0.2, 0) is 0 Å². The fourth-order valence-corrected chi connectivity index (χ4v) is 2.04. The Hall–Kier alpha value is -2.22. The standard InChI is InChI=1S/C12H14FN3O4/c13-7-4-8(10(14)9(5-7)16(19)20)11(17)15-6-12(18)2-1-3-12/h4-5,18H,1-3,6,14H2,(H,15,17). The van der Waals surface area contributed by atoms with Crippen LogP contribution in [0.15, 0.2) is 12.1 Å². The Labute approximate surface area is 113 Å². The molecule has 108 valence electrons. The lowest BCUT2D eigenvalue weighted by molar-refractivity contribution is -0.384. The molecule has 1 aliphatic carbocycles. The van der Waals surface area contributed by atoms with Crippen LogP contribution in [0.25, 0.3) is 0 Å². The van der Waals surface area contributed by atoms with Crippen LogP contribution in [0.5, 0.6) is 0 Å². The molecular weight excluding hydrogens is 269 g/mol. The SMILES string of the molecule is Nc1c(C(=O)NCC2(O)CCC2)cc(F)cc1[N+](=O)[O-]. The monoisotopic (exact) mass is 283 g/mol. The highest BCUT2D eigenvalue weighted by molar-refractivity contribution is 6.01. The van der Waals surface area contributed by atoms with Gasteiger partial charge in [0, 0.05) is 6.54 Å². The van der Waals surface area contributed by atoms with E-state index in [1.807, 2.05) is 0 Å². The third-order valence-corrected chi connectivity index (χ3v) is 3.43. The third kappa shape index (κ3) is 2.69. The molecule has 0 spiro atoms. The Morgan fingerprint density at radius 1 is 1.55 bits per heavy atom. The van der Waals surface area contributed by atoms with Crippen molar-refractivity contribution in [3.63, 3.8) is 0 Å². The molecule has 1 aliphatic rings. The lowest BCUT2D eigenvalue weighted by Crippen LogP contribution is -2.47. The Morgan fingerprint density at radius 3 is 2.70 bits per heavy atom. The van der Waals surface area contributed by atoms with E-state index in [-0.39, 0.29) is 12.1 Å². The molecule has 1 aromatic carbocycles. The number of nitrogens with two attached hydrogens (primary N) is 1. The molecular formula is C12H14FN3O4. The molecule has 0 unspecified atom stereocenters. The summed E-state index contributed by atoms with van der Waals surface area (Å²) in [6.07, 6.45) is 2.03. The van der Waals surface area contributed by atoms with E-state index >= 15 is 0 Å². The second-order valence-electron chi connectivity index (χ2n) is 4.90. The van der Waals surface area contributed by atoms with Gasteiger partial charge in [0.1, 0.15) is 11.5 Å². The summed E-state index contributed by atoms with van der Waals surface area (Å²) in [7, 11) is 0. The average Bonchev–Trinajstić information content (AvgIpc) is 2.35. The number of benzene rings is 1. The smallest absolute Gasteiger partial charge is 0.295 e. The van der Waals surface area contributed by atoms with E-state index in [1.165, 1.54) is 0 Å². The van der Waals surface area contributed by atoms with Crippen LogP contribution in [0.1, 0.15) is 29.6 Å². The van der Waals surface area contributed by atoms with Crippen molar-refractivity contribution < 1.29 is 19.2 Å². The van der Waals surface area contributed by atoms with Crippen molar-refractivity contribution >= 4 is 17.3 Å². The molecule has 1 saturated carbocycles. The molecule has 1 fully saturated rings. The molecule has 4 N–H and O–H groups in total. The lowest BCUT2D eigenvalue weighted by Gasteiger charge is -2.36. The minimum Gasteiger partial charge on any atom is -0.393 e. The van der Waals surface area contributed by atoms with Gasteiger partial charge in [-0.2, -0.15) is 0 Å². The van der Waals surface area contributed by atoms with Gasteiger partial charge in [-0.3, -0.25) is 14.9 Å². The van der Waals surface area contributed by atoms with Crippen molar-refractivity contribution in [3.05, 3.63) is 33.6 Å². The zero-order valence-corrected chi connectivity index (χ0v) is 10.6. The molecule has 7 nitrogen and oxygen atoms in total. The van der Waals surface area contributed by atoms with E-state index in [9.17, 15) is 24.4 Å². The molecule has 0 bridgehead atoms. The van der Waals surface area contributed by atoms with Gasteiger partial charge in [-0.05, 0) is 25.3 Å².